The number of nitrogens with one attached hydrogen (secondary N) is 1. The molecule has 4 aliphatic rings. The van der Waals surface area contributed by atoms with Crippen molar-refractivity contribution in [2.75, 3.05) is 44.6 Å². The third-order valence-electron chi connectivity index (χ3n) is 10.1. The Morgan fingerprint density at radius 1 is 0.896 bits per heavy atom. The molecule has 0 unspecified atom stereocenters. The number of aliphatic carboxylic acids is 1. The van der Waals surface area contributed by atoms with E-state index in [1.807, 2.05) is 29.2 Å². The molecular weight excluding hydrogens is 750 g/mol. The summed E-state index contributed by atoms with van der Waals surface area (Å²) in [7, 11) is 0. The Hall–Kier alpha value is -3.36. The van der Waals surface area contributed by atoms with E-state index in [-0.39, 0.29) is 36.2 Å². The van der Waals surface area contributed by atoms with E-state index < -0.39 is 24.2 Å². The molecule has 48 heavy (non-hydrogen) atoms. The van der Waals surface area contributed by atoms with E-state index in [4.69, 9.17) is 4.74 Å². The van der Waals surface area contributed by atoms with E-state index in [0.717, 1.165) is 30.6 Å². The number of ether oxygens (including phenoxy) is 1. The van der Waals surface area contributed by atoms with Crippen LogP contribution in [0.1, 0.15) is 49.7 Å². The minimum absolute atomic E-state index is 0.0230. The SMILES string of the molecule is O=C(O)[C@H]1CCCN1C1CCN(C(=O)[C@@H](Cc2cc(Br)c(O)c(Br)c2)OC(=O)N2CCC(N3CCc4ccccc4NC3=O)CC2)CC1. The normalized spacial score (nSPS) is 21.8. The Labute approximate surface area is 296 Å². The molecule has 258 valence electrons. The second kappa shape index (κ2) is 15.0. The Kier molecular flexibility index (Phi) is 10.8. The number of halogens is 2. The number of phenols is 1. The first-order valence-electron chi connectivity index (χ1n) is 16.6. The van der Waals surface area contributed by atoms with Crippen LogP contribution in [0.3, 0.4) is 0 Å². The number of phenolic OH excluding ortho intramolecular Hbond substituents is 1. The molecule has 6 rings (SSSR count). The van der Waals surface area contributed by atoms with Crippen molar-refractivity contribution in [3.63, 3.8) is 0 Å². The molecule has 3 N–H and O–H groups in total. The minimum Gasteiger partial charge on any atom is -0.506 e. The number of piperidine rings is 2. The van der Waals surface area contributed by atoms with Gasteiger partial charge in [-0.3, -0.25) is 14.5 Å². The number of urea groups is 1. The molecule has 3 saturated heterocycles. The number of aromatic hydroxyl groups is 1. The maximum atomic E-state index is 14.0. The van der Waals surface area contributed by atoms with Gasteiger partial charge in [-0.15, -0.1) is 0 Å². The van der Waals surface area contributed by atoms with Crippen molar-refractivity contribution >= 4 is 61.5 Å². The van der Waals surface area contributed by atoms with Gasteiger partial charge >= 0.3 is 18.1 Å². The van der Waals surface area contributed by atoms with E-state index in [9.17, 15) is 29.4 Å². The Morgan fingerprint density at radius 2 is 1.54 bits per heavy atom. The van der Waals surface area contributed by atoms with Gasteiger partial charge in [0.2, 0.25) is 0 Å². The highest BCUT2D eigenvalue weighted by Crippen LogP contribution is 2.34. The molecule has 0 saturated carbocycles. The quantitative estimate of drug-likeness (QED) is 0.354. The van der Waals surface area contributed by atoms with Crippen LogP contribution in [0, 0.1) is 0 Å². The van der Waals surface area contributed by atoms with Crippen LogP contribution in [0.4, 0.5) is 15.3 Å². The average Bonchev–Trinajstić information content (AvgIpc) is 3.52. The van der Waals surface area contributed by atoms with E-state index in [2.05, 4.69) is 42.1 Å². The second-order valence-corrected chi connectivity index (χ2v) is 14.7. The summed E-state index contributed by atoms with van der Waals surface area (Å²) in [5, 5.41) is 22.9. The lowest BCUT2D eigenvalue weighted by Crippen LogP contribution is -2.53. The van der Waals surface area contributed by atoms with Crippen LogP contribution in [0.2, 0.25) is 0 Å². The van der Waals surface area contributed by atoms with Gasteiger partial charge < -0.3 is 35.0 Å². The highest BCUT2D eigenvalue weighted by molar-refractivity contribution is 9.11. The number of rotatable bonds is 7. The molecule has 0 spiro atoms. The molecule has 14 heteroatoms. The fourth-order valence-corrected chi connectivity index (χ4v) is 8.82. The topological polar surface area (TPSA) is 143 Å². The van der Waals surface area contributed by atoms with Crippen LogP contribution in [0.5, 0.6) is 5.75 Å². The zero-order valence-electron chi connectivity index (χ0n) is 26.7. The first-order valence-corrected chi connectivity index (χ1v) is 18.2. The molecule has 12 nitrogen and oxygen atoms in total. The highest BCUT2D eigenvalue weighted by atomic mass is 79.9. The summed E-state index contributed by atoms with van der Waals surface area (Å²) >= 11 is 6.71. The molecule has 2 aromatic rings. The number of fused-ring (bicyclic) bond motifs is 1. The maximum absolute atomic E-state index is 14.0. The van der Waals surface area contributed by atoms with Crippen molar-refractivity contribution in [1.82, 2.24) is 19.6 Å². The van der Waals surface area contributed by atoms with Gasteiger partial charge in [-0.1, -0.05) is 18.2 Å². The van der Waals surface area contributed by atoms with E-state index >= 15 is 0 Å². The van der Waals surface area contributed by atoms with E-state index in [1.165, 1.54) is 0 Å². The van der Waals surface area contributed by atoms with Crippen LogP contribution in [0.15, 0.2) is 45.3 Å². The third kappa shape index (κ3) is 7.60. The summed E-state index contributed by atoms with van der Waals surface area (Å²) in [6.45, 7) is 3.00. The van der Waals surface area contributed by atoms with Crippen molar-refractivity contribution in [2.45, 2.75) is 75.6 Å². The second-order valence-electron chi connectivity index (χ2n) is 13.0. The van der Waals surface area contributed by atoms with Crippen LogP contribution < -0.4 is 5.32 Å². The lowest BCUT2D eigenvalue weighted by Gasteiger charge is -2.40. The fraction of sp³-hybridized carbons (Fsp3) is 0.529. The lowest BCUT2D eigenvalue weighted by atomic mass is 10.00. The zero-order chi connectivity index (χ0) is 33.9. The van der Waals surface area contributed by atoms with Crippen molar-refractivity contribution < 1.29 is 34.1 Å². The predicted octanol–water partition coefficient (Wildman–Crippen LogP) is 5.06. The van der Waals surface area contributed by atoms with Crippen LogP contribution in [-0.4, -0.2) is 117 Å². The monoisotopic (exact) mass is 789 g/mol. The molecule has 0 aromatic heterocycles. The minimum atomic E-state index is -1.09. The summed E-state index contributed by atoms with van der Waals surface area (Å²) in [6.07, 6.45) is 3.16. The number of carbonyl (C=O) groups is 4. The number of para-hydroxylation sites is 1. The van der Waals surface area contributed by atoms with Crippen LogP contribution in [-0.2, 0) is 27.2 Å². The Bertz CT molecular complexity index is 1520. The number of carboxylic acid groups (broad SMARTS) is 1. The van der Waals surface area contributed by atoms with Crippen molar-refractivity contribution in [3.05, 3.63) is 56.5 Å². The van der Waals surface area contributed by atoms with E-state index in [0.29, 0.717) is 79.3 Å². The van der Waals surface area contributed by atoms with Gasteiger partial charge in [0.15, 0.2) is 6.10 Å². The largest absolute Gasteiger partial charge is 0.506 e. The molecule has 2 aromatic carbocycles. The summed E-state index contributed by atoms with van der Waals surface area (Å²) in [4.78, 5) is 59.6. The summed E-state index contributed by atoms with van der Waals surface area (Å²) in [6, 6.07) is 10.7. The van der Waals surface area contributed by atoms with Gasteiger partial charge in [0.1, 0.15) is 11.8 Å². The average molecular weight is 792 g/mol. The summed E-state index contributed by atoms with van der Waals surface area (Å²) in [5.74, 6) is -1.06. The molecule has 0 bridgehead atoms. The summed E-state index contributed by atoms with van der Waals surface area (Å²) < 4.78 is 6.88. The molecule has 4 heterocycles. The van der Waals surface area contributed by atoms with Gasteiger partial charge in [0.05, 0.1) is 8.95 Å². The van der Waals surface area contributed by atoms with Crippen molar-refractivity contribution in [2.24, 2.45) is 0 Å². The number of nitrogens with zero attached hydrogens (tertiary/aromatic N) is 4. The fourth-order valence-electron chi connectivity index (χ4n) is 7.54. The highest BCUT2D eigenvalue weighted by Gasteiger charge is 2.39. The van der Waals surface area contributed by atoms with E-state index in [1.54, 1.807) is 21.9 Å². The number of likely N-dealkylation sites (tertiary alicyclic amines) is 3. The number of hydrogen-bond donors (Lipinski definition) is 3. The third-order valence-corrected chi connectivity index (χ3v) is 11.4. The number of carboxylic acids is 1. The van der Waals surface area contributed by atoms with Gasteiger partial charge in [-0.2, -0.15) is 0 Å². The number of carbonyl (C=O) groups excluding carboxylic acids is 3. The van der Waals surface area contributed by atoms with Gasteiger partial charge in [-0.25, -0.2) is 9.59 Å². The van der Waals surface area contributed by atoms with Gasteiger partial charge in [-0.05, 0) is 113 Å². The standard InChI is InChI=1S/C34H41Br2N5O7/c35-25-18-21(19-26(36)30(25)42)20-29(31(43)38-13-8-23(9-14-38)40-12-3-6-28(40)32(44)45)48-34(47)39-15-10-24(11-16-39)41-17-7-22-4-1-2-5-27(22)37-33(41)46/h1-2,4-5,18-19,23-24,28-29,42H,3,6-17,20H2,(H,37,46)(H,44,45)/t28-,29-/m1/s1. The Morgan fingerprint density at radius 3 is 2.23 bits per heavy atom. The molecule has 3 fully saturated rings. The molecular formula is C34H41Br2N5O7. The Balaban J connectivity index is 1.09. The van der Waals surface area contributed by atoms with Crippen molar-refractivity contribution in [1.29, 1.82) is 0 Å². The van der Waals surface area contributed by atoms with Gasteiger partial charge in [0, 0.05) is 56.9 Å². The maximum Gasteiger partial charge on any atom is 0.410 e. The zero-order valence-corrected chi connectivity index (χ0v) is 29.8. The van der Waals surface area contributed by atoms with Gasteiger partial charge in [0.25, 0.3) is 5.91 Å². The predicted molar refractivity (Wildman–Crippen MR) is 185 cm³/mol. The smallest absolute Gasteiger partial charge is 0.410 e. The molecule has 0 aliphatic carbocycles. The molecule has 2 atom stereocenters. The van der Waals surface area contributed by atoms with Crippen molar-refractivity contribution in [3.8, 4) is 5.75 Å². The number of anilines is 1. The summed E-state index contributed by atoms with van der Waals surface area (Å²) in [5.41, 5.74) is 2.63. The molecule has 4 amide bonds. The number of hydrogen-bond acceptors (Lipinski definition) is 7. The lowest BCUT2D eigenvalue weighted by molar-refractivity contribution is -0.146. The number of amides is 4. The number of benzene rings is 2. The van der Waals surface area contributed by atoms with Crippen LogP contribution >= 0.6 is 31.9 Å². The first-order chi connectivity index (χ1) is 23.1. The first kappa shape index (κ1) is 34.5. The molecule has 4 aliphatic heterocycles. The molecule has 0 radical (unpaired) electrons. The van der Waals surface area contributed by atoms with Crippen LogP contribution in [0.25, 0.3) is 0 Å².